The molecule has 0 spiro atoms. The molecule has 1 unspecified atom stereocenters. The summed E-state index contributed by atoms with van der Waals surface area (Å²) in [4.78, 5) is 26.6. The summed E-state index contributed by atoms with van der Waals surface area (Å²) in [5.74, 6) is 1.42. The van der Waals surface area contributed by atoms with E-state index in [2.05, 4.69) is 5.32 Å². The molecule has 2 aromatic rings. The zero-order valence-corrected chi connectivity index (χ0v) is 15.9. The minimum atomic E-state index is -0.556. The van der Waals surface area contributed by atoms with Crippen LogP contribution in [0.4, 0.5) is 11.4 Å². The van der Waals surface area contributed by atoms with Crippen LogP contribution in [0.25, 0.3) is 0 Å². The number of para-hydroxylation sites is 1. The van der Waals surface area contributed by atoms with Gasteiger partial charge in [0.2, 0.25) is 5.91 Å². The topological polar surface area (TPSA) is 67.9 Å². The lowest BCUT2D eigenvalue weighted by Gasteiger charge is -2.33. The molecule has 1 saturated carbocycles. The molecule has 1 atom stereocenters. The fourth-order valence-corrected chi connectivity index (χ4v) is 3.40. The first-order valence-electron chi connectivity index (χ1n) is 9.72. The number of fused-ring (bicyclic) bond motifs is 1. The second-order valence-corrected chi connectivity index (χ2v) is 7.21. The van der Waals surface area contributed by atoms with Crippen LogP contribution in [-0.2, 0) is 9.59 Å². The highest BCUT2D eigenvalue weighted by Crippen LogP contribution is 2.37. The van der Waals surface area contributed by atoms with Gasteiger partial charge in [-0.05, 0) is 50.1 Å². The molecule has 1 heterocycles. The van der Waals surface area contributed by atoms with Crippen LogP contribution < -0.4 is 19.7 Å². The highest BCUT2D eigenvalue weighted by Gasteiger charge is 2.32. The van der Waals surface area contributed by atoms with Crippen LogP contribution in [0.15, 0.2) is 48.5 Å². The average Bonchev–Trinajstić information content (AvgIpc) is 2.64. The third-order valence-corrected chi connectivity index (χ3v) is 5.24. The van der Waals surface area contributed by atoms with Gasteiger partial charge in [0, 0.05) is 11.6 Å². The van der Waals surface area contributed by atoms with Gasteiger partial charge in [0.15, 0.2) is 6.10 Å². The number of hydrogen-bond acceptors (Lipinski definition) is 4. The van der Waals surface area contributed by atoms with Gasteiger partial charge >= 0.3 is 0 Å². The Morgan fingerprint density at radius 1 is 1.21 bits per heavy atom. The van der Waals surface area contributed by atoms with Gasteiger partial charge in [-0.2, -0.15) is 0 Å². The van der Waals surface area contributed by atoms with Gasteiger partial charge in [0.1, 0.15) is 18.1 Å². The summed E-state index contributed by atoms with van der Waals surface area (Å²) >= 11 is 0. The van der Waals surface area contributed by atoms with Gasteiger partial charge in [-0.25, -0.2) is 0 Å². The van der Waals surface area contributed by atoms with E-state index in [0.717, 1.165) is 25.0 Å². The summed E-state index contributed by atoms with van der Waals surface area (Å²) in [5, 5.41) is 2.96. The Balaban J connectivity index is 1.49. The van der Waals surface area contributed by atoms with Crippen molar-refractivity contribution in [2.75, 3.05) is 23.4 Å². The molecule has 2 aromatic carbocycles. The number of benzene rings is 2. The van der Waals surface area contributed by atoms with Crippen molar-refractivity contribution >= 4 is 23.2 Å². The Labute approximate surface area is 164 Å². The minimum Gasteiger partial charge on any atom is -0.492 e. The molecule has 6 nitrogen and oxygen atoms in total. The van der Waals surface area contributed by atoms with Crippen LogP contribution in [0, 0.1) is 5.92 Å². The lowest BCUT2D eigenvalue weighted by molar-refractivity contribution is -0.125. The third-order valence-electron chi connectivity index (χ3n) is 5.24. The standard InChI is InChI=1S/C22H24N2O4/c1-15-22(26)24(12-13-27-18-8-3-2-4-9-18)19-14-17(10-11-20(19)28-15)23-21(25)16-6-5-7-16/h2-4,8-11,14-16H,5-7,12-13H2,1H3,(H,23,25). The maximum Gasteiger partial charge on any atom is 0.267 e. The van der Waals surface area contributed by atoms with E-state index in [1.54, 1.807) is 24.0 Å². The molecule has 0 aromatic heterocycles. The number of rotatable bonds is 6. The van der Waals surface area contributed by atoms with E-state index >= 15 is 0 Å². The molecule has 146 valence electrons. The molecular weight excluding hydrogens is 356 g/mol. The molecule has 0 bridgehead atoms. The molecule has 6 heteroatoms. The van der Waals surface area contributed by atoms with E-state index in [-0.39, 0.29) is 17.7 Å². The highest BCUT2D eigenvalue weighted by atomic mass is 16.5. The largest absolute Gasteiger partial charge is 0.492 e. The van der Waals surface area contributed by atoms with Crippen LogP contribution in [0.2, 0.25) is 0 Å². The average molecular weight is 380 g/mol. The van der Waals surface area contributed by atoms with E-state index in [0.29, 0.717) is 30.3 Å². The number of nitrogens with one attached hydrogen (secondary N) is 1. The van der Waals surface area contributed by atoms with Crippen molar-refractivity contribution in [2.45, 2.75) is 32.3 Å². The summed E-state index contributed by atoms with van der Waals surface area (Å²) in [6, 6.07) is 14.9. The van der Waals surface area contributed by atoms with Crippen LogP contribution in [0.1, 0.15) is 26.2 Å². The summed E-state index contributed by atoms with van der Waals surface area (Å²) in [6.45, 7) is 2.50. The van der Waals surface area contributed by atoms with Crippen LogP contribution >= 0.6 is 0 Å². The van der Waals surface area contributed by atoms with Crippen molar-refractivity contribution in [2.24, 2.45) is 5.92 Å². The van der Waals surface area contributed by atoms with E-state index in [4.69, 9.17) is 9.47 Å². The van der Waals surface area contributed by atoms with E-state index in [9.17, 15) is 9.59 Å². The normalized spacial score (nSPS) is 18.7. The van der Waals surface area contributed by atoms with Crippen molar-refractivity contribution in [1.82, 2.24) is 0 Å². The highest BCUT2D eigenvalue weighted by molar-refractivity contribution is 6.01. The molecule has 2 aliphatic rings. The molecule has 1 N–H and O–H groups in total. The first-order valence-corrected chi connectivity index (χ1v) is 9.72. The van der Waals surface area contributed by atoms with Crippen molar-refractivity contribution < 1.29 is 19.1 Å². The lowest BCUT2D eigenvalue weighted by atomic mass is 9.85. The third kappa shape index (κ3) is 3.81. The summed E-state index contributed by atoms with van der Waals surface area (Å²) < 4.78 is 11.5. The number of nitrogens with zero attached hydrogens (tertiary/aromatic N) is 1. The Morgan fingerprint density at radius 3 is 2.71 bits per heavy atom. The van der Waals surface area contributed by atoms with Crippen molar-refractivity contribution in [3.63, 3.8) is 0 Å². The quantitative estimate of drug-likeness (QED) is 0.831. The predicted molar refractivity (Wildman–Crippen MR) is 107 cm³/mol. The van der Waals surface area contributed by atoms with Gasteiger partial charge in [-0.3, -0.25) is 9.59 Å². The molecular formula is C22H24N2O4. The number of hydrogen-bond donors (Lipinski definition) is 1. The fraction of sp³-hybridized carbons (Fsp3) is 0.364. The van der Waals surface area contributed by atoms with Crippen LogP contribution in [0.5, 0.6) is 11.5 Å². The predicted octanol–water partition coefficient (Wildman–Crippen LogP) is 3.62. The maximum absolute atomic E-state index is 12.7. The van der Waals surface area contributed by atoms with Crippen molar-refractivity contribution in [1.29, 1.82) is 0 Å². The Morgan fingerprint density at radius 2 is 2.00 bits per heavy atom. The molecule has 0 saturated heterocycles. The van der Waals surface area contributed by atoms with Gasteiger partial charge < -0.3 is 19.7 Å². The van der Waals surface area contributed by atoms with E-state index in [1.807, 2.05) is 36.4 Å². The second kappa shape index (κ2) is 7.92. The molecule has 0 radical (unpaired) electrons. The van der Waals surface area contributed by atoms with Crippen molar-refractivity contribution in [3.8, 4) is 11.5 Å². The number of ether oxygens (including phenoxy) is 2. The monoisotopic (exact) mass is 380 g/mol. The number of anilines is 2. The van der Waals surface area contributed by atoms with Crippen molar-refractivity contribution in [3.05, 3.63) is 48.5 Å². The molecule has 1 aliphatic carbocycles. The zero-order valence-electron chi connectivity index (χ0n) is 15.9. The van der Waals surface area contributed by atoms with Crippen LogP contribution in [-0.4, -0.2) is 31.1 Å². The van der Waals surface area contributed by atoms with E-state index < -0.39 is 6.10 Å². The summed E-state index contributed by atoms with van der Waals surface area (Å²) in [6.07, 6.45) is 2.44. The number of amides is 2. The first-order chi connectivity index (χ1) is 13.6. The fourth-order valence-electron chi connectivity index (χ4n) is 3.40. The Bertz CT molecular complexity index is 864. The Kier molecular flexibility index (Phi) is 5.19. The number of carbonyl (C=O) groups excluding carboxylic acids is 2. The second-order valence-electron chi connectivity index (χ2n) is 7.21. The van der Waals surface area contributed by atoms with Gasteiger partial charge in [0.25, 0.3) is 5.91 Å². The smallest absolute Gasteiger partial charge is 0.267 e. The first kappa shape index (κ1) is 18.3. The number of carbonyl (C=O) groups is 2. The van der Waals surface area contributed by atoms with E-state index in [1.165, 1.54) is 0 Å². The molecule has 28 heavy (non-hydrogen) atoms. The molecule has 4 rings (SSSR count). The zero-order chi connectivity index (χ0) is 19.5. The maximum atomic E-state index is 12.7. The minimum absolute atomic E-state index is 0.0431. The van der Waals surface area contributed by atoms with Gasteiger partial charge in [-0.15, -0.1) is 0 Å². The SMILES string of the molecule is CC1Oc2ccc(NC(=O)C3CCC3)cc2N(CCOc2ccccc2)C1=O. The molecule has 1 aliphatic heterocycles. The molecule has 2 amide bonds. The summed E-state index contributed by atoms with van der Waals surface area (Å²) in [5.41, 5.74) is 1.33. The summed E-state index contributed by atoms with van der Waals surface area (Å²) in [7, 11) is 0. The van der Waals surface area contributed by atoms with Gasteiger partial charge in [0.05, 0.1) is 12.2 Å². The molecule has 1 fully saturated rings. The Hall–Kier alpha value is -3.02. The van der Waals surface area contributed by atoms with Crippen LogP contribution in [0.3, 0.4) is 0 Å². The van der Waals surface area contributed by atoms with Gasteiger partial charge in [-0.1, -0.05) is 24.6 Å². The lowest BCUT2D eigenvalue weighted by Crippen LogP contribution is -2.46.